The Morgan fingerprint density at radius 3 is 2.95 bits per heavy atom. The number of carbonyl (C=O) groups excluding carboxylic acids is 1. The molecule has 0 aromatic carbocycles. The second-order valence-corrected chi connectivity index (χ2v) is 6.25. The van der Waals surface area contributed by atoms with Gasteiger partial charge < -0.3 is 4.42 Å². The number of thiophene rings is 1. The monoisotopic (exact) mass is 298 g/mol. The highest BCUT2D eigenvalue weighted by Gasteiger charge is 2.23. The third-order valence-corrected chi connectivity index (χ3v) is 4.69. The molecule has 0 bridgehead atoms. The summed E-state index contributed by atoms with van der Waals surface area (Å²) >= 11 is 2.90. The van der Waals surface area contributed by atoms with Gasteiger partial charge in [0.05, 0.1) is 4.88 Å². The number of rotatable bonds is 5. The van der Waals surface area contributed by atoms with Crippen LogP contribution >= 0.6 is 23.1 Å². The van der Waals surface area contributed by atoms with Crippen molar-refractivity contribution in [3.63, 3.8) is 0 Å². The number of nitrogens with one attached hydrogen (secondary N) is 1. The highest BCUT2D eigenvalue weighted by molar-refractivity contribution is 7.99. The molecule has 3 N–H and O–H groups in total. The maximum absolute atomic E-state index is 11.4. The fourth-order valence-corrected chi connectivity index (χ4v) is 2.87. The van der Waals surface area contributed by atoms with Crippen LogP contribution in [0.15, 0.2) is 27.2 Å². The van der Waals surface area contributed by atoms with Crippen LogP contribution in [0.4, 0.5) is 0 Å². The van der Waals surface area contributed by atoms with E-state index >= 15 is 0 Å². The Morgan fingerprint density at radius 1 is 1.53 bits per heavy atom. The third-order valence-electron chi connectivity index (χ3n) is 2.69. The molecule has 0 aliphatic rings. The molecule has 102 valence electrons. The predicted octanol–water partition coefficient (Wildman–Crippen LogP) is 1.90. The topological polar surface area (TPSA) is 94.0 Å². The van der Waals surface area contributed by atoms with Crippen molar-refractivity contribution in [3.8, 4) is 10.8 Å². The lowest BCUT2D eigenvalue weighted by Crippen LogP contribution is -2.38. The maximum Gasteiger partial charge on any atom is 0.277 e. The van der Waals surface area contributed by atoms with Crippen molar-refractivity contribution in [1.29, 1.82) is 0 Å². The van der Waals surface area contributed by atoms with Gasteiger partial charge in [0.1, 0.15) is 0 Å². The van der Waals surface area contributed by atoms with Crippen LogP contribution < -0.4 is 11.3 Å². The summed E-state index contributed by atoms with van der Waals surface area (Å²) in [7, 11) is 0. The summed E-state index contributed by atoms with van der Waals surface area (Å²) in [4.78, 5) is 12.4. The summed E-state index contributed by atoms with van der Waals surface area (Å²) in [5, 5.41) is 10.3. The molecule has 19 heavy (non-hydrogen) atoms. The summed E-state index contributed by atoms with van der Waals surface area (Å²) in [5.41, 5.74) is 2.14. The maximum atomic E-state index is 11.4. The first-order valence-electron chi connectivity index (χ1n) is 5.66. The fraction of sp³-hybridized carbons (Fsp3) is 0.364. The van der Waals surface area contributed by atoms with E-state index in [0.29, 0.717) is 11.1 Å². The molecule has 6 nitrogen and oxygen atoms in total. The van der Waals surface area contributed by atoms with Gasteiger partial charge in [-0.2, -0.15) is 0 Å². The normalized spacial score (nSPS) is 14.1. The second kappa shape index (κ2) is 6.18. The summed E-state index contributed by atoms with van der Waals surface area (Å²) in [6, 6.07) is 3.84. The van der Waals surface area contributed by atoms with Gasteiger partial charge in [-0.15, -0.1) is 21.5 Å². The van der Waals surface area contributed by atoms with Crippen molar-refractivity contribution >= 4 is 29.0 Å². The van der Waals surface area contributed by atoms with E-state index in [9.17, 15) is 4.79 Å². The van der Waals surface area contributed by atoms with Crippen molar-refractivity contribution in [3.05, 3.63) is 17.5 Å². The lowest BCUT2D eigenvalue weighted by Gasteiger charge is -2.15. The molecular weight excluding hydrogens is 284 g/mol. The number of hydrogen-bond donors (Lipinski definition) is 2. The first-order valence-corrected chi connectivity index (χ1v) is 7.42. The average molecular weight is 298 g/mol. The van der Waals surface area contributed by atoms with Gasteiger partial charge in [-0.3, -0.25) is 10.2 Å². The van der Waals surface area contributed by atoms with E-state index in [0.717, 1.165) is 4.88 Å². The Labute approximate surface area is 118 Å². The molecule has 1 amide bonds. The van der Waals surface area contributed by atoms with E-state index in [2.05, 4.69) is 15.6 Å². The van der Waals surface area contributed by atoms with Gasteiger partial charge in [0.15, 0.2) is 0 Å². The Kier molecular flexibility index (Phi) is 4.56. The molecule has 8 heteroatoms. The molecule has 0 aliphatic carbocycles. The fourth-order valence-electron chi connectivity index (χ4n) is 1.36. The second-order valence-electron chi connectivity index (χ2n) is 3.97. The number of hydrogen-bond acceptors (Lipinski definition) is 7. The van der Waals surface area contributed by atoms with E-state index in [4.69, 9.17) is 10.3 Å². The lowest BCUT2D eigenvalue weighted by atomic mass is 10.1. The molecular formula is C11H14N4O2S2. The van der Waals surface area contributed by atoms with Crippen LogP contribution in [0.25, 0.3) is 10.8 Å². The van der Waals surface area contributed by atoms with Crippen molar-refractivity contribution in [2.75, 3.05) is 0 Å². The van der Waals surface area contributed by atoms with Gasteiger partial charge in [0, 0.05) is 11.2 Å². The van der Waals surface area contributed by atoms with Gasteiger partial charge in [0.25, 0.3) is 11.1 Å². The first kappa shape index (κ1) is 14.0. The number of thioether (sulfide) groups is 1. The SMILES string of the molecule is CC(Sc1nnc(-c2cccs2)o1)C(C)C(=O)NN. The van der Waals surface area contributed by atoms with Crippen molar-refractivity contribution in [1.82, 2.24) is 15.6 Å². The van der Waals surface area contributed by atoms with Crippen LogP contribution in [0, 0.1) is 5.92 Å². The zero-order valence-corrected chi connectivity index (χ0v) is 12.1. The minimum Gasteiger partial charge on any atom is -0.410 e. The molecule has 0 fully saturated rings. The molecule has 2 atom stereocenters. The highest BCUT2D eigenvalue weighted by atomic mass is 32.2. The molecule has 0 aliphatic heterocycles. The van der Waals surface area contributed by atoms with Gasteiger partial charge in [-0.1, -0.05) is 31.7 Å². The van der Waals surface area contributed by atoms with E-state index in [-0.39, 0.29) is 17.1 Å². The zero-order valence-electron chi connectivity index (χ0n) is 10.5. The van der Waals surface area contributed by atoms with E-state index in [1.165, 1.54) is 23.1 Å². The quantitative estimate of drug-likeness (QED) is 0.379. The van der Waals surface area contributed by atoms with E-state index < -0.39 is 0 Å². The average Bonchev–Trinajstić information content (AvgIpc) is 3.06. The standard InChI is InChI=1S/C11H14N4O2S2/c1-6(9(16)13-12)7(2)19-11-15-14-10(17-11)8-4-3-5-18-8/h3-7H,12H2,1-2H3,(H,13,16). The molecule has 0 saturated carbocycles. The van der Waals surface area contributed by atoms with Crippen molar-refractivity contribution in [2.45, 2.75) is 24.3 Å². The van der Waals surface area contributed by atoms with Crippen molar-refractivity contribution in [2.24, 2.45) is 11.8 Å². The van der Waals surface area contributed by atoms with Crippen LogP contribution in [0.3, 0.4) is 0 Å². The number of nitrogens with two attached hydrogens (primary N) is 1. The summed E-state index contributed by atoms with van der Waals surface area (Å²) in [6.45, 7) is 3.72. The smallest absolute Gasteiger partial charge is 0.277 e. The van der Waals surface area contributed by atoms with Crippen LogP contribution in [-0.4, -0.2) is 21.4 Å². The minimum atomic E-state index is -0.243. The Bertz CT molecular complexity index is 541. The van der Waals surface area contributed by atoms with Crippen LogP contribution in [0.5, 0.6) is 0 Å². The molecule has 0 saturated heterocycles. The number of amides is 1. The zero-order chi connectivity index (χ0) is 13.8. The first-order chi connectivity index (χ1) is 9.11. The summed E-state index contributed by atoms with van der Waals surface area (Å²) < 4.78 is 5.55. The Balaban J connectivity index is 2.02. The van der Waals surface area contributed by atoms with Crippen LogP contribution in [-0.2, 0) is 4.79 Å². The molecule has 2 aromatic heterocycles. The largest absolute Gasteiger partial charge is 0.410 e. The Hall–Kier alpha value is -1.38. The van der Waals surface area contributed by atoms with Crippen LogP contribution in [0.2, 0.25) is 0 Å². The molecule has 2 aromatic rings. The lowest BCUT2D eigenvalue weighted by molar-refractivity contribution is -0.124. The van der Waals surface area contributed by atoms with E-state index in [1.807, 2.05) is 24.4 Å². The van der Waals surface area contributed by atoms with Gasteiger partial charge in [0.2, 0.25) is 5.91 Å². The minimum absolute atomic E-state index is 0.0137. The van der Waals surface area contributed by atoms with E-state index in [1.54, 1.807) is 6.92 Å². The van der Waals surface area contributed by atoms with Crippen molar-refractivity contribution < 1.29 is 9.21 Å². The summed E-state index contributed by atoms with van der Waals surface area (Å²) in [5.74, 6) is 5.16. The van der Waals surface area contributed by atoms with Gasteiger partial charge >= 0.3 is 0 Å². The molecule has 2 unspecified atom stereocenters. The third kappa shape index (κ3) is 3.34. The highest BCUT2D eigenvalue weighted by Crippen LogP contribution is 2.30. The summed E-state index contributed by atoms with van der Waals surface area (Å²) in [6.07, 6.45) is 0. The number of nitrogens with zero attached hydrogens (tertiary/aromatic N) is 2. The van der Waals surface area contributed by atoms with Crippen LogP contribution in [0.1, 0.15) is 13.8 Å². The molecule has 0 radical (unpaired) electrons. The predicted molar refractivity (Wildman–Crippen MR) is 74.4 cm³/mol. The van der Waals surface area contributed by atoms with Gasteiger partial charge in [-0.05, 0) is 11.4 Å². The molecule has 2 heterocycles. The number of carbonyl (C=O) groups is 1. The number of hydrazine groups is 1. The molecule has 0 spiro atoms. The van der Waals surface area contributed by atoms with Gasteiger partial charge in [-0.25, -0.2) is 5.84 Å². The molecule has 2 rings (SSSR count). The number of aromatic nitrogens is 2. The Morgan fingerprint density at radius 2 is 2.32 bits per heavy atom.